The van der Waals surface area contributed by atoms with Crippen LogP contribution >= 0.6 is 0 Å². The second-order valence-corrected chi connectivity index (χ2v) is 11.1. The second kappa shape index (κ2) is 5.79. The van der Waals surface area contributed by atoms with Gasteiger partial charge in [0.05, 0.1) is 18.1 Å². The van der Waals surface area contributed by atoms with Gasteiger partial charge in [0.15, 0.2) is 0 Å². The summed E-state index contributed by atoms with van der Waals surface area (Å²) in [6.07, 6.45) is 10.5. The molecule has 4 fully saturated rings. The summed E-state index contributed by atoms with van der Waals surface area (Å²) in [6, 6.07) is 1.87. The molecule has 0 aromatic carbocycles. The Kier molecular flexibility index (Phi) is 3.51. The summed E-state index contributed by atoms with van der Waals surface area (Å²) in [5.74, 6) is -1.91. The predicted molar refractivity (Wildman–Crippen MR) is 110 cm³/mol. The first kappa shape index (κ1) is 20.0. The normalized spacial score (nSPS) is 48.7. The number of ether oxygens (including phenoxy) is 3. The summed E-state index contributed by atoms with van der Waals surface area (Å²) in [5, 5.41) is 0. The van der Waals surface area contributed by atoms with Crippen molar-refractivity contribution in [3.8, 4) is 0 Å². The average Bonchev–Trinajstić information content (AvgIpc) is 3.11. The Morgan fingerprint density at radius 1 is 1.15 bits per heavy atom. The van der Waals surface area contributed by atoms with Crippen molar-refractivity contribution in [3.63, 3.8) is 0 Å². The number of fused-ring (bicyclic) bond motifs is 1. The summed E-state index contributed by atoms with van der Waals surface area (Å²) < 4.78 is 23.3. The van der Waals surface area contributed by atoms with Gasteiger partial charge in [0, 0.05) is 29.4 Å². The van der Waals surface area contributed by atoms with E-state index in [1.54, 1.807) is 18.6 Å². The molecule has 174 valence electrons. The highest BCUT2D eigenvalue weighted by Gasteiger charge is 2.85. The third-order valence-electron chi connectivity index (χ3n) is 8.93. The molecule has 7 atom stereocenters. The van der Waals surface area contributed by atoms with Crippen LogP contribution in [0.1, 0.15) is 58.1 Å². The van der Waals surface area contributed by atoms with Gasteiger partial charge in [-0.15, -0.1) is 0 Å². The molecular weight excluding hydrogens is 428 g/mol. The third-order valence-corrected chi connectivity index (χ3v) is 8.93. The number of rotatable bonds is 2. The van der Waals surface area contributed by atoms with E-state index >= 15 is 0 Å². The molecule has 33 heavy (non-hydrogen) atoms. The summed E-state index contributed by atoms with van der Waals surface area (Å²) in [7, 11) is 0. The topological polar surface area (TPSA) is 93.4 Å². The molecule has 0 bridgehead atoms. The molecule has 4 aliphatic heterocycles. The third kappa shape index (κ3) is 2.32. The zero-order chi connectivity index (χ0) is 22.9. The van der Waals surface area contributed by atoms with Crippen molar-refractivity contribution in [2.45, 2.75) is 75.7 Å². The van der Waals surface area contributed by atoms with Gasteiger partial charge in [0.1, 0.15) is 23.2 Å². The van der Waals surface area contributed by atoms with Gasteiger partial charge in [-0.05, 0) is 63.8 Å². The van der Waals surface area contributed by atoms with Crippen LogP contribution < -0.4 is 0 Å². The fraction of sp³-hybridized carbons (Fsp3) is 0.600. The Morgan fingerprint density at radius 2 is 2.00 bits per heavy atom. The van der Waals surface area contributed by atoms with E-state index < -0.39 is 22.4 Å². The van der Waals surface area contributed by atoms with Crippen LogP contribution in [0.5, 0.6) is 0 Å². The van der Waals surface area contributed by atoms with Crippen LogP contribution in [0.4, 0.5) is 0 Å². The zero-order valence-corrected chi connectivity index (χ0v) is 18.8. The number of hydrogen-bond donors (Lipinski definition) is 0. The SMILES string of the molecule is CC1(C)O[C@]2(C=C3[C@H](CC[C@]45C[C@]34C(=O)O[C@@H]5c3ccoc3)OO2)C[C@H]1[C@]1(C)C=CC(=O)O1. The zero-order valence-electron chi connectivity index (χ0n) is 18.8. The monoisotopic (exact) mass is 454 g/mol. The van der Waals surface area contributed by atoms with Crippen molar-refractivity contribution in [1.29, 1.82) is 0 Å². The number of carbonyl (C=O) groups excluding carboxylic acids is 2. The van der Waals surface area contributed by atoms with Gasteiger partial charge in [-0.2, -0.15) is 4.89 Å². The molecular formula is C25H26O8. The van der Waals surface area contributed by atoms with Crippen molar-refractivity contribution >= 4 is 11.9 Å². The van der Waals surface area contributed by atoms with Gasteiger partial charge in [-0.3, -0.25) is 4.79 Å². The lowest BCUT2D eigenvalue weighted by Gasteiger charge is -2.40. The molecule has 7 rings (SSSR count). The average molecular weight is 454 g/mol. The Balaban J connectivity index is 1.27. The van der Waals surface area contributed by atoms with E-state index in [0.29, 0.717) is 6.42 Å². The molecule has 2 aliphatic carbocycles. The lowest BCUT2D eigenvalue weighted by Crippen LogP contribution is -2.45. The van der Waals surface area contributed by atoms with Crippen molar-refractivity contribution in [2.24, 2.45) is 16.7 Å². The minimum atomic E-state index is -1.17. The Morgan fingerprint density at radius 3 is 2.73 bits per heavy atom. The summed E-state index contributed by atoms with van der Waals surface area (Å²) in [6.45, 7) is 5.81. The first-order valence-corrected chi connectivity index (χ1v) is 11.6. The van der Waals surface area contributed by atoms with E-state index in [-0.39, 0.29) is 35.5 Å². The van der Waals surface area contributed by atoms with Crippen LogP contribution in [0.2, 0.25) is 0 Å². The van der Waals surface area contributed by atoms with Crippen LogP contribution in [0.25, 0.3) is 0 Å². The molecule has 0 radical (unpaired) electrons. The fourth-order valence-corrected chi connectivity index (χ4v) is 7.45. The number of furan rings is 1. The van der Waals surface area contributed by atoms with Gasteiger partial charge in [-0.1, -0.05) is 0 Å². The lowest BCUT2D eigenvalue weighted by atomic mass is 9.71. The van der Waals surface area contributed by atoms with Crippen molar-refractivity contribution in [3.05, 3.63) is 48.0 Å². The largest absolute Gasteiger partial charge is 0.472 e. The molecule has 0 unspecified atom stereocenters. The summed E-state index contributed by atoms with van der Waals surface area (Å²) in [5.41, 5.74) is -0.692. The minimum Gasteiger partial charge on any atom is -0.472 e. The maximum absolute atomic E-state index is 13.3. The van der Waals surface area contributed by atoms with Crippen LogP contribution in [-0.4, -0.2) is 35.0 Å². The molecule has 5 heterocycles. The molecule has 1 spiro atoms. The molecule has 2 saturated heterocycles. The van der Waals surface area contributed by atoms with Crippen LogP contribution in [0, 0.1) is 16.7 Å². The van der Waals surface area contributed by atoms with E-state index in [1.807, 2.05) is 32.9 Å². The van der Waals surface area contributed by atoms with Gasteiger partial charge < -0.3 is 18.6 Å². The van der Waals surface area contributed by atoms with Crippen LogP contribution in [0.15, 0.2) is 46.8 Å². The quantitative estimate of drug-likeness (QED) is 0.380. The standard InChI is InChI=1S/C25H26O8/c1-21(2)17(22(3)7-5-18(26)30-22)11-24(32-21)10-15-16(31-33-24)4-8-23-13-25(15,23)20(27)29-19(23)14-6-9-28-12-14/h5-7,9-10,12,16-17,19H,4,8,11,13H2,1-3H3/t16-,17+,19+,22-,23+,24-,25+/m0/s1. The minimum absolute atomic E-state index is 0.177. The van der Waals surface area contributed by atoms with E-state index in [1.165, 1.54) is 6.08 Å². The van der Waals surface area contributed by atoms with E-state index in [2.05, 4.69) is 0 Å². The van der Waals surface area contributed by atoms with Gasteiger partial charge >= 0.3 is 11.9 Å². The Hall–Kier alpha value is -2.42. The number of cyclic esters (lactones) is 2. The van der Waals surface area contributed by atoms with Crippen molar-refractivity contribution < 1.29 is 38.0 Å². The Labute approximate surface area is 190 Å². The molecule has 2 saturated carbocycles. The number of hydrogen-bond acceptors (Lipinski definition) is 8. The van der Waals surface area contributed by atoms with Gasteiger partial charge in [-0.25, -0.2) is 9.68 Å². The predicted octanol–water partition coefficient (Wildman–Crippen LogP) is 3.69. The lowest BCUT2D eigenvalue weighted by molar-refractivity contribution is -0.435. The van der Waals surface area contributed by atoms with Crippen molar-refractivity contribution in [2.75, 3.05) is 0 Å². The highest BCUT2D eigenvalue weighted by molar-refractivity contribution is 5.90. The second-order valence-electron chi connectivity index (χ2n) is 11.1. The Bertz CT molecular complexity index is 1130. The van der Waals surface area contributed by atoms with E-state index in [4.69, 9.17) is 28.4 Å². The molecule has 8 heteroatoms. The molecule has 0 amide bonds. The molecule has 8 nitrogen and oxygen atoms in total. The van der Waals surface area contributed by atoms with Crippen LogP contribution in [0.3, 0.4) is 0 Å². The van der Waals surface area contributed by atoms with Crippen LogP contribution in [-0.2, 0) is 33.6 Å². The highest BCUT2D eigenvalue weighted by atomic mass is 17.2. The molecule has 0 N–H and O–H groups in total. The molecule has 6 aliphatic rings. The van der Waals surface area contributed by atoms with Crippen molar-refractivity contribution in [1.82, 2.24) is 0 Å². The van der Waals surface area contributed by atoms with E-state index in [0.717, 1.165) is 30.4 Å². The maximum atomic E-state index is 13.3. The first-order valence-electron chi connectivity index (χ1n) is 11.6. The van der Waals surface area contributed by atoms with Gasteiger partial charge in [0.2, 0.25) is 5.79 Å². The molecule has 1 aromatic heterocycles. The smallest absolute Gasteiger partial charge is 0.331 e. The molecule has 1 aromatic rings. The summed E-state index contributed by atoms with van der Waals surface area (Å²) >= 11 is 0. The number of esters is 2. The summed E-state index contributed by atoms with van der Waals surface area (Å²) in [4.78, 5) is 37.0. The fourth-order valence-electron chi connectivity index (χ4n) is 7.45. The first-order chi connectivity index (χ1) is 15.6. The van der Waals surface area contributed by atoms with E-state index in [9.17, 15) is 9.59 Å². The maximum Gasteiger partial charge on any atom is 0.331 e. The highest BCUT2D eigenvalue weighted by Crippen LogP contribution is 2.83. The van der Waals surface area contributed by atoms with Gasteiger partial charge in [0.25, 0.3) is 0 Å². The number of carbonyl (C=O) groups is 2.